The number of nitrogens with zero attached hydrogens (tertiary/aromatic N) is 2. The van der Waals surface area contributed by atoms with Gasteiger partial charge in [-0.15, -0.1) is 0 Å². The SMILES string of the molecule is CC1(C)OC(=O)C(=C2Sc3c(O)c4c(c(O)c3S2)SC(=C2C(=O)N(Cc3ccccc3)N(Cc3ccccc3)C2=O)S4)C(=O)O1. The van der Waals surface area contributed by atoms with Crippen LogP contribution in [-0.4, -0.2) is 49.8 Å². The predicted molar refractivity (Wildman–Crippen MR) is 167 cm³/mol. The summed E-state index contributed by atoms with van der Waals surface area (Å²) < 4.78 is 11.0. The molecule has 4 heterocycles. The number of phenolic OH excluding ortho intramolecular Hbond substituents is 2. The minimum absolute atomic E-state index is 0.0505. The molecule has 14 heteroatoms. The quantitative estimate of drug-likeness (QED) is 0.151. The maximum Gasteiger partial charge on any atom is 0.350 e. The third kappa shape index (κ3) is 5.15. The molecule has 2 fully saturated rings. The molecule has 2 N–H and O–H groups in total. The van der Waals surface area contributed by atoms with Crippen molar-refractivity contribution < 1.29 is 38.9 Å². The van der Waals surface area contributed by atoms with Gasteiger partial charge in [-0.25, -0.2) is 19.6 Å². The van der Waals surface area contributed by atoms with E-state index in [-0.39, 0.29) is 59.6 Å². The maximum atomic E-state index is 13.9. The number of amides is 2. The largest absolute Gasteiger partial charge is 0.505 e. The van der Waals surface area contributed by atoms with Gasteiger partial charge >= 0.3 is 11.9 Å². The van der Waals surface area contributed by atoms with Gasteiger partial charge in [0.2, 0.25) is 0 Å². The maximum absolute atomic E-state index is 13.9. The van der Waals surface area contributed by atoms with Crippen molar-refractivity contribution in [2.75, 3.05) is 0 Å². The van der Waals surface area contributed by atoms with Crippen LogP contribution in [0, 0.1) is 0 Å². The molecule has 3 aromatic carbocycles. The van der Waals surface area contributed by atoms with E-state index in [2.05, 4.69) is 0 Å². The smallest absolute Gasteiger partial charge is 0.350 e. The van der Waals surface area contributed by atoms with E-state index in [1.54, 1.807) is 0 Å². The van der Waals surface area contributed by atoms with Crippen molar-refractivity contribution in [3.8, 4) is 11.5 Å². The number of benzene rings is 3. The molecule has 4 aliphatic heterocycles. The number of aromatic hydroxyl groups is 2. The van der Waals surface area contributed by atoms with Gasteiger partial charge in [0.1, 0.15) is 17.1 Å². The second-order valence-electron chi connectivity index (χ2n) is 10.6. The summed E-state index contributed by atoms with van der Waals surface area (Å²) in [6, 6.07) is 18.7. The van der Waals surface area contributed by atoms with E-state index in [9.17, 15) is 29.4 Å². The molecule has 2 saturated heterocycles. The highest BCUT2D eigenvalue weighted by Gasteiger charge is 2.47. The molecule has 3 aromatic rings. The first-order chi connectivity index (χ1) is 21.5. The molecule has 7 rings (SSSR count). The molecule has 228 valence electrons. The summed E-state index contributed by atoms with van der Waals surface area (Å²) in [5.74, 6) is -4.50. The van der Waals surface area contributed by atoms with Gasteiger partial charge in [0, 0.05) is 13.8 Å². The third-order valence-corrected chi connectivity index (χ3v) is 12.3. The fraction of sp³-hybridized carbons (Fsp3) is 0.161. The molecule has 0 aliphatic carbocycles. The number of phenols is 2. The molecule has 0 unspecified atom stereocenters. The first-order valence-electron chi connectivity index (χ1n) is 13.5. The first-order valence-corrected chi connectivity index (χ1v) is 16.8. The van der Waals surface area contributed by atoms with Crippen molar-refractivity contribution in [2.24, 2.45) is 0 Å². The van der Waals surface area contributed by atoms with Gasteiger partial charge in [0.25, 0.3) is 17.6 Å². The van der Waals surface area contributed by atoms with Crippen molar-refractivity contribution in [1.82, 2.24) is 10.0 Å². The normalized spacial score (nSPS) is 18.9. The average Bonchev–Trinajstić information content (AvgIpc) is 3.69. The summed E-state index contributed by atoms with van der Waals surface area (Å²) in [5.41, 5.74) is 1.32. The summed E-state index contributed by atoms with van der Waals surface area (Å²) in [6.07, 6.45) is 0. The fourth-order valence-corrected chi connectivity index (χ4v) is 10.4. The zero-order valence-electron chi connectivity index (χ0n) is 23.6. The number of esters is 2. The summed E-state index contributed by atoms with van der Waals surface area (Å²) in [5, 5.41) is 25.5. The molecule has 0 saturated carbocycles. The van der Waals surface area contributed by atoms with Gasteiger partial charge in [-0.1, -0.05) is 108 Å². The lowest BCUT2D eigenvalue weighted by Gasteiger charge is -2.30. The van der Waals surface area contributed by atoms with Crippen LogP contribution in [-0.2, 0) is 41.7 Å². The van der Waals surface area contributed by atoms with Crippen LogP contribution >= 0.6 is 47.0 Å². The van der Waals surface area contributed by atoms with Crippen molar-refractivity contribution in [3.05, 3.63) is 91.4 Å². The highest BCUT2D eigenvalue weighted by Crippen LogP contribution is 2.68. The molecule has 0 bridgehead atoms. The number of hydrogen-bond donors (Lipinski definition) is 2. The lowest BCUT2D eigenvalue weighted by Crippen LogP contribution is -2.42. The number of thioether (sulfide) groups is 4. The highest BCUT2D eigenvalue weighted by atomic mass is 32.2. The topological polar surface area (TPSA) is 134 Å². The minimum Gasteiger partial charge on any atom is -0.505 e. The Balaban J connectivity index is 1.23. The minimum atomic E-state index is -1.41. The monoisotopic (exact) mass is 678 g/mol. The Hall–Kier alpha value is -3.98. The summed E-state index contributed by atoms with van der Waals surface area (Å²) >= 11 is 3.91. The number of cyclic esters (lactones) is 2. The van der Waals surface area contributed by atoms with Crippen LogP contribution in [0.2, 0.25) is 0 Å². The van der Waals surface area contributed by atoms with Gasteiger partial charge in [-0.05, 0) is 11.1 Å². The van der Waals surface area contributed by atoms with E-state index < -0.39 is 29.5 Å². The molecule has 0 aromatic heterocycles. The number of fused-ring (bicyclic) bond motifs is 2. The van der Waals surface area contributed by atoms with Crippen molar-refractivity contribution in [2.45, 2.75) is 52.3 Å². The number of carbonyl (C=O) groups excluding carboxylic acids is 4. The van der Waals surface area contributed by atoms with E-state index in [0.717, 1.165) is 58.2 Å². The number of hydrazine groups is 1. The molecule has 45 heavy (non-hydrogen) atoms. The summed E-state index contributed by atoms with van der Waals surface area (Å²) in [4.78, 5) is 54.1. The van der Waals surface area contributed by atoms with Crippen LogP contribution in [0.25, 0.3) is 0 Å². The van der Waals surface area contributed by atoms with Crippen LogP contribution in [0.4, 0.5) is 0 Å². The Bertz CT molecular complexity index is 1760. The molecule has 0 spiro atoms. The molecule has 2 amide bonds. The van der Waals surface area contributed by atoms with Crippen LogP contribution in [0.3, 0.4) is 0 Å². The lowest BCUT2D eigenvalue weighted by atomic mass is 10.2. The second kappa shape index (κ2) is 11.1. The fourth-order valence-electron chi connectivity index (χ4n) is 5.02. The molecule has 0 radical (unpaired) electrons. The van der Waals surface area contributed by atoms with E-state index in [1.165, 1.54) is 23.9 Å². The van der Waals surface area contributed by atoms with Gasteiger partial charge in [0.05, 0.1) is 41.1 Å². The number of hydrogen-bond acceptors (Lipinski definition) is 12. The van der Waals surface area contributed by atoms with Crippen molar-refractivity contribution in [3.63, 3.8) is 0 Å². The van der Waals surface area contributed by atoms with Crippen LogP contribution in [0.1, 0.15) is 25.0 Å². The van der Waals surface area contributed by atoms with Crippen molar-refractivity contribution in [1.29, 1.82) is 0 Å². The summed E-state index contributed by atoms with van der Waals surface area (Å²) in [7, 11) is 0. The second-order valence-corrected chi connectivity index (χ2v) is 15.2. The standard InChI is InChI=1S/C31H22N2O8S4/c1-31(2)40-27(38)18(28(39)41-31)30-44-23-19(34)21-22(20(35)24(23)45-30)43-29(42-21)17-25(36)32(13-15-9-5-3-6-10-15)33(26(17)37)14-16-11-7-4-8-12-16/h3-12,34-35H,13-14H2,1-2H3. The zero-order chi connectivity index (χ0) is 31.6. The van der Waals surface area contributed by atoms with Crippen LogP contribution in [0.5, 0.6) is 11.5 Å². The predicted octanol–water partition coefficient (Wildman–Crippen LogP) is 5.74. The third-order valence-electron chi connectivity index (χ3n) is 7.08. The van der Waals surface area contributed by atoms with Crippen LogP contribution in [0.15, 0.2) is 99.9 Å². The average molecular weight is 679 g/mol. The molecule has 10 nitrogen and oxygen atoms in total. The van der Waals surface area contributed by atoms with Gasteiger partial charge in [0.15, 0.2) is 5.57 Å². The Kier molecular flexibility index (Phi) is 7.34. The van der Waals surface area contributed by atoms with Gasteiger partial charge < -0.3 is 19.7 Å². The summed E-state index contributed by atoms with van der Waals surface area (Å²) in [6.45, 7) is 3.24. The van der Waals surface area contributed by atoms with Crippen LogP contribution < -0.4 is 0 Å². The molecular weight excluding hydrogens is 657 g/mol. The number of rotatable bonds is 4. The zero-order valence-corrected chi connectivity index (χ0v) is 26.8. The Labute approximate surface area is 273 Å². The Morgan fingerprint density at radius 2 is 0.956 bits per heavy atom. The number of carbonyl (C=O) groups is 4. The van der Waals surface area contributed by atoms with Gasteiger partial charge in [-0.3, -0.25) is 9.59 Å². The molecular formula is C31H22N2O8S4. The molecule has 0 atom stereocenters. The van der Waals surface area contributed by atoms with E-state index in [1.807, 2.05) is 60.7 Å². The van der Waals surface area contributed by atoms with Gasteiger partial charge in [-0.2, -0.15) is 0 Å². The molecule has 4 aliphatic rings. The number of ether oxygens (including phenoxy) is 2. The highest BCUT2D eigenvalue weighted by molar-refractivity contribution is 8.26. The Morgan fingerprint density at radius 1 is 0.600 bits per heavy atom. The van der Waals surface area contributed by atoms with E-state index in [0.29, 0.717) is 4.24 Å². The Morgan fingerprint density at radius 3 is 1.33 bits per heavy atom. The first kappa shape index (κ1) is 29.7. The van der Waals surface area contributed by atoms with Crippen molar-refractivity contribution >= 4 is 70.8 Å². The lowest BCUT2D eigenvalue weighted by molar-refractivity contribution is -0.222. The van der Waals surface area contributed by atoms with E-state index in [4.69, 9.17) is 9.47 Å². The van der Waals surface area contributed by atoms with E-state index >= 15 is 0 Å².